The smallest absolute Gasteiger partial charge is 0.0589 e. The van der Waals surface area contributed by atoms with Crippen LogP contribution in [-0.2, 0) is 4.74 Å². The molecule has 0 saturated carbocycles. The van der Waals surface area contributed by atoms with Crippen LogP contribution in [0, 0.1) is 0 Å². The molecule has 0 amide bonds. The average Bonchev–Trinajstić information content (AvgIpc) is 2.97. The minimum absolute atomic E-state index is 0.327. The molecule has 0 aromatic carbocycles. The number of pyridine rings is 1. The van der Waals surface area contributed by atoms with E-state index >= 15 is 0 Å². The molecule has 1 aliphatic heterocycles. The summed E-state index contributed by atoms with van der Waals surface area (Å²) in [6.07, 6.45) is 9.25. The lowest BCUT2D eigenvalue weighted by Crippen LogP contribution is -2.23. The predicted octanol–water partition coefficient (Wildman–Crippen LogP) is 4.13. The largest absolute Gasteiger partial charge is 0.378 e. The van der Waals surface area contributed by atoms with Gasteiger partial charge in [-0.05, 0) is 57.2 Å². The highest BCUT2D eigenvalue weighted by molar-refractivity contribution is 6.30. The molecule has 1 aliphatic rings. The molecule has 0 aliphatic carbocycles. The Bertz CT molecular complexity index is 377. The van der Waals surface area contributed by atoms with Crippen molar-refractivity contribution < 1.29 is 4.74 Å². The number of ether oxygens (including phenoxy) is 1. The van der Waals surface area contributed by atoms with Crippen molar-refractivity contribution in [2.24, 2.45) is 0 Å². The second-order valence-corrected chi connectivity index (χ2v) is 5.91. The molecule has 1 N–H and O–H groups in total. The molecule has 0 radical (unpaired) electrons. The van der Waals surface area contributed by atoms with Gasteiger partial charge in [-0.3, -0.25) is 4.98 Å². The third-order valence-electron chi connectivity index (χ3n) is 3.79. The van der Waals surface area contributed by atoms with E-state index in [1.54, 1.807) is 6.20 Å². The van der Waals surface area contributed by atoms with Crippen LogP contribution in [0.25, 0.3) is 0 Å². The molecular formula is C16H25ClN2O. The summed E-state index contributed by atoms with van der Waals surface area (Å²) in [6, 6.07) is 4.28. The van der Waals surface area contributed by atoms with E-state index in [1.807, 2.05) is 12.1 Å². The Morgan fingerprint density at radius 2 is 2.40 bits per heavy atom. The average molecular weight is 297 g/mol. The predicted molar refractivity (Wildman–Crippen MR) is 83.1 cm³/mol. The van der Waals surface area contributed by atoms with E-state index in [4.69, 9.17) is 16.3 Å². The highest BCUT2D eigenvalue weighted by Crippen LogP contribution is 2.23. The second-order valence-electron chi connectivity index (χ2n) is 5.47. The lowest BCUT2D eigenvalue weighted by Gasteiger charge is -2.19. The van der Waals surface area contributed by atoms with Gasteiger partial charge in [0.2, 0.25) is 0 Å². The molecule has 1 saturated heterocycles. The van der Waals surface area contributed by atoms with E-state index in [-0.39, 0.29) is 0 Å². The first-order valence-corrected chi connectivity index (χ1v) is 8.14. The first-order chi connectivity index (χ1) is 9.79. The number of hydrogen-bond acceptors (Lipinski definition) is 3. The van der Waals surface area contributed by atoms with Crippen molar-refractivity contribution in [1.82, 2.24) is 10.3 Å². The number of nitrogens with zero attached hydrogens (tertiary/aromatic N) is 1. The molecule has 1 aromatic rings. The molecule has 1 aromatic heterocycles. The van der Waals surface area contributed by atoms with Crippen molar-refractivity contribution in [2.45, 2.75) is 57.6 Å². The summed E-state index contributed by atoms with van der Waals surface area (Å²) in [5.74, 6) is 0. The third kappa shape index (κ3) is 5.04. The molecular weight excluding hydrogens is 272 g/mol. The molecule has 1 fully saturated rings. The van der Waals surface area contributed by atoms with Crippen LogP contribution >= 0.6 is 11.6 Å². The highest BCUT2D eigenvalue weighted by atomic mass is 35.5. The zero-order chi connectivity index (χ0) is 14.2. The Balaban J connectivity index is 1.84. The van der Waals surface area contributed by atoms with Gasteiger partial charge < -0.3 is 10.1 Å². The van der Waals surface area contributed by atoms with E-state index in [1.165, 1.54) is 19.3 Å². The number of halogens is 1. The number of nitrogens with one attached hydrogen (secondary N) is 1. The molecule has 20 heavy (non-hydrogen) atoms. The van der Waals surface area contributed by atoms with Gasteiger partial charge in [0, 0.05) is 18.8 Å². The van der Waals surface area contributed by atoms with Crippen LogP contribution in [0.4, 0.5) is 0 Å². The van der Waals surface area contributed by atoms with Gasteiger partial charge in [0.25, 0.3) is 0 Å². The van der Waals surface area contributed by atoms with Crippen LogP contribution in [0.3, 0.4) is 0 Å². The van der Waals surface area contributed by atoms with Crippen molar-refractivity contribution in [2.75, 3.05) is 13.2 Å². The van der Waals surface area contributed by atoms with Crippen molar-refractivity contribution in [1.29, 1.82) is 0 Å². The quantitative estimate of drug-likeness (QED) is 0.783. The maximum atomic E-state index is 5.91. The standard InChI is InChI=1S/C16H25ClN2O/c1-2-10-18-15(16-9-8-13(17)12-19-16)7-3-5-14-6-4-11-20-14/h8-9,12,14-15,18H,2-7,10-11H2,1H3. The molecule has 2 heterocycles. The summed E-state index contributed by atoms with van der Waals surface area (Å²) in [7, 11) is 0. The molecule has 2 unspecified atom stereocenters. The third-order valence-corrected chi connectivity index (χ3v) is 4.01. The number of hydrogen-bond donors (Lipinski definition) is 1. The molecule has 4 heteroatoms. The topological polar surface area (TPSA) is 34.1 Å². The van der Waals surface area contributed by atoms with Crippen molar-refractivity contribution in [3.8, 4) is 0 Å². The molecule has 3 nitrogen and oxygen atoms in total. The SMILES string of the molecule is CCCNC(CCCC1CCCO1)c1ccc(Cl)cn1. The van der Waals surface area contributed by atoms with Crippen LogP contribution in [0.1, 0.15) is 57.2 Å². The lowest BCUT2D eigenvalue weighted by molar-refractivity contribution is 0.101. The minimum Gasteiger partial charge on any atom is -0.378 e. The van der Waals surface area contributed by atoms with E-state index in [2.05, 4.69) is 17.2 Å². The summed E-state index contributed by atoms with van der Waals surface area (Å²) in [6.45, 7) is 4.15. The molecule has 0 spiro atoms. The van der Waals surface area contributed by atoms with Crippen LogP contribution < -0.4 is 5.32 Å². The molecule has 112 valence electrons. The van der Waals surface area contributed by atoms with Gasteiger partial charge in [-0.2, -0.15) is 0 Å². The van der Waals surface area contributed by atoms with E-state index < -0.39 is 0 Å². The fourth-order valence-corrected chi connectivity index (χ4v) is 2.80. The van der Waals surface area contributed by atoms with Gasteiger partial charge in [0.1, 0.15) is 0 Å². The Kier molecular flexibility index (Phi) is 6.77. The Morgan fingerprint density at radius 3 is 3.05 bits per heavy atom. The maximum absolute atomic E-state index is 5.91. The van der Waals surface area contributed by atoms with E-state index in [0.717, 1.165) is 38.1 Å². The summed E-state index contributed by atoms with van der Waals surface area (Å²) in [4.78, 5) is 4.46. The summed E-state index contributed by atoms with van der Waals surface area (Å²) < 4.78 is 5.68. The Morgan fingerprint density at radius 1 is 1.50 bits per heavy atom. The number of rotatable bonds is 8. The summed E-state index contributed by atoms with van der Waals surface area (Å²) in [5.41, 5.74) is 1.09. The minimum atomic E-state index is 0.327. The van der Waals surface area contributed by atoms with Gasteiger partial charge >= 0.3 is 0 Å². The maximum Gasteiger partial charge on any atom is 0.0589 e. The Hall–Kier alpha value is -0.640. The van der Waals surface area contributed by atoms with Gasteiger partial charge in [0.05, 0.1) is 16.8 Å². The van der Waals surface area contributed by atoms with Crippen LogP contribution in [0.15, 0.2) is 18.3 Å². The van der Waals surface area contributed by atoms with Crippen LogP contribution in [0.5, 0.6) is 0 Å². The fraction of sp³-hybridized carbons (Fsp3) is 0.688. The molecule has 2 atom stereocenters. The monoisotopic (exact) mass is 296 g/mol. The van der Waals surface area contributed by atoms with E-state index in [0.29, 0.717) is 17.2 Å². The number of aromatic nitrogens is 1. The van der Waals surface area contributed by atoms with Gasteiger partial charge in [0.15, 0.2) is 0 Å². The first-order valence-electron chi connectivity index (χ1n) is 7.76. The summed E-state index contributed by atoms with van der Waals surface area (Å²) >= 11 is 5.91. The van der Waals surface area contributed by atoms with Gasteiger partial charge in [-0.1, -0.05) is 18.5 Å². The van der Waals surface area contributed by atoms with Gasteiger partial charge in [-0.15, -0.1) is 0 Å². The molecule has 2 rings (SSSR count). The van der Waals surface area contributed by atoms with Gasteiger partial charge in [-0.25, -0.2) is 0 Å². The van der Waals surface area contributed by atoms with Crippen LogP contribution in [0.2, 0.25) is 5.02 Å². The van der Waals surface area contributed by atoms with Crippen LogP contribution in [-0.4, -0.2) is 24.2 Å². The zero-order valence-corrected chi connectivity index (χ0v) is 13.0. The van der Waals surface area contributed by atoms with E-state index in [9.17, 15) is 0 Å². The molecule has 0 bridgehead atoms. The normalized spacial score (nSPS) is 20.2. The highest BCUT2D eigenvalue weighted by Gasteiger charge is 2.17. The van der Waals surface area contributed by atoms with Crippen molar-refractivity contribution in [3.05, 3.63) is 29.0 Å². The van der Waals surface area contributed by atoms with Crippen molar-refractivity contribution in [3.63, 3.8) is 0 Å². The lowest BCUT2D eigenvalue weighted by atomic mass is 10.0. The van der Waals surface area contributed by atoms with Crippen molar-refractivity contribution >= 4 is 11.6 Å². The zero-order valence-electron chi connectivity index (χ0n) is 12.3. The fourth-order valence-electron chi connectivity index (χ4n) is 2.69. The summed E-state index contributed by atoms with van der Waals surface area (Å²) in [5, 5.41) is 4.28. The Labute approximate surface area is 127 Å². The first kappa shape index (κ1) is 15.7. The second kappa shape index (κ2) is 8.60.